The molecule has 1 N–H and O–H groups in total. The zero-order chi connectivity index (χ0) is 15.4. The van der Waals surface area contributed by atoms with Crippen molar-refractivity contribution in [1.29, 1.82) is 0 Å². The van der Waals surface area contributed by atoms with Crippen molar-refractivity contribution in [3.05, 3.63) is 0 Å². The first kappa shape index (κ1) is 8.86. The van der Waals surface area contributed by atoms with Gasteiger partial charge in [0.25, 0.3) is 23.0 Å². The zero-order valence-corrected chi connectivity index (χ0v) is 7.56. The summed E-state index contributed by atoms with van der Waals surface area (Å²) in [6.07, 6.45) is -6.31. The molecule has 0 fully saturated rings. The van der Waals surface area contributed by atoms with Gasteiger partial charge in [-0.05, 0) is 0 Å². The fourth-order valence-corrected chi connectivity index (χ4v) is 0.371. The van der Waals surface area contributed by atoms with Gasteiger partial charge in [0.2, 0.25) is 0 Å². The molecule has 0 aliphatic rings. The molecule has 0 saturated carbocycles. The normalized spacial score (nSPS) is 17.7. The summed E-state index contributed by atoms with van der Waals surface area (Å²) in [5.41, 5.74) is 0. The van der Waals surface area contributed by atoms with Crippen LogP contribution in [-0.4, -0.2) is 45.7 Å². The predicted molar refractivity (Wildman–Crippen MR) is 39.9 cm³/mol. The summed E-state index contributed by atoms with van der Waals surface area (Å²) in [5, 5.41) is 7.68. The van der Waals surface area contributed by atoms with Gasteiger partial charge in [0.1, 0.15) is 13.1 Å². The standard InChI is InChI=1S/C3H6F2O3S.C2H4F2O/c1-9(6,7)8-2-3(4)5;3-2(4)1-5/h3H,2H2,1H3;2,5H,1H2/i2D2;1D2. The van der Waals surface area contributed by atoms with Crippen LogP contribution in [0.1, 0.15) is 5.48 Å². The molecule has 0 aromatic carbocycles. The topological polar surface area (TPSA) is 63.6 Å². The van der Waals surface area contributed by atoms with Gasteiger partial charge in [-0.3, -0.25) is 4.18 Å². The largest absolute Gasteiger partial charge is 0.390 e. The first-order valence-electron chi connectivity index (χ1n) is 4.79. The Morgan fingerprint density at radius 2 is 1.71 bits per heavy atom. The van der Waals surface area contributed by atoms with Crippen LogP contribution in [-0.2, 0) is 14.3 Å². The number of alkyl halides is 4. The molecule has 0 spiro atoms. The molecule has 4 nitrogen and oxygen atoms in total. The summed E-state index contributed by atoms with van der Waals surface area (Å²) in [4.78, 5) is 0. The second-order valence-corrected chi connectivity index (χ2v) is 3.21. The molecule has 0 aliphatic carbocycles. The Balaban J connectivity index is 0. The Kier molecular flexibility index (Phi) is 5.03. The number of hydrogen-bond acceptors (Lipinski definition) is 4. The summed E-state index contributed by atoms with van der Waals surface area (Å²) < 4.78 is 93.2. The Hall–Kier alpha value is -0.410. The first-order valence-corrected chi connectivity index (χ1v) is 4.60. The van der Waals surface area contributed by atoms with Crippen LogP contribution < -0.4 is 0 Å². The zero-order valence-electron chi connectivity index (χ0n) is 10.7. The minimum absolute atomic E-state index is 0.493. The quantitative estimate of drug-likeness (QED) is 0.578. The van der Waals surface area contributed by atoms with E-state index in [0.29, 0.717) is 6.26 Å². The van der Waals surface area contributed by atoms with Crippen LogP contribution >= 0.6 is 0 Å². The minimum Gasteiger partial charge on any atom is -0.390 e. The number of aliphatic hydroxyl groups is 1. The van der Waals surface area contributed by atoms with E-state index < -0.39 is 36.1 Å². The fourth-order valence-electron chi connectivity index (χ4n) is 0.124. The van der Waals surface area contributed by atoms with Crippen LogP contribution in [0.15, 0.2) is 0 Å². The van der Waals surface area contributed by atoms with Crippen molar-refractivity contribution in [1.82, 2.24) is 0 Å². The van der Waals surface area contributed by atoms with Crippen molar-refractivity contribution in [3.63, 3.8) is 0 Å². The molecule has 0 bridgehead atoms. The molecule has 0 rings (SSSR count). The highest BCUT2D eigenvalue weighted by Gasteiger charge is 2.07. The molecule has 0 aromatic rings. The summed E-state index contributed by atoms with van der Waals surface area (Å²) in [6.45, 7) is -6.77. The fraction of sp³-hybridized carbons (Fsp3) is 1.00. The molecule has 14 heavy (non-hydrogen) atoms. The van der Waals surface area contributed by atoms with E-state index >= 15 is 0 Å². The molecule has 0 unspecified atom stereocenters. The second-order valence-electron chi connectivity index (χ2n) is 1.64. The summed E-state index contributed by atoms with van der Waals surface area (Å²) in [5.74, 6) is 0. The molecule has 0 heterocycles. The maximum absolute atomic E-state index is 11.6. The van der Waals surface area contributed by atoms with Gasteiger partial charge in [0, 0.05) is 0 Å². The van der Waals surface area contributed by atoms with Gasteiger partial charge in [-0.25, -0.2) is 17.6 Å². The van der Waals surface area contributed by atoms with E-state index in [1.165, 1.54) is 0 Å². The van der Waals surface area contributed by atoms with E-state index in [9.17, 15) is 26.0 Å². The van der Waals surface area contributed by atoms with E-state index in [2.05, 4.69) is 4.18 Å². The third-order valence-electron chi connectivity index (χ3n) is 0.386. The van der Waals surface area contributed by atoms with Crippen LogP contribution in [0.25, 0.3) is 0 Å². The van der Waals surface area contributed by atoms with Crippen molar-refractivity contribution in [2.75, 3.05) is 19.4 Å². The van der Waals surface area contributed by atoms with Gasteiger partial charge in [-0.1, -0.05) is 0 Å². The van der Waals surface area contributed by atoms with Gasteiger partial charge < -0.3 is 5.11 Å². The van der Waals surface area contributed by atoms with Gasteiger partial charge in [0.05, 0.1) is 11.7 Å². The molecular weight excluding hydrogens is 232 g/mol. The summed E-state index contributed by atoms with van der Waals surface area (Å²) >= 11 is 0. The molecule has 0 aromatic heterocycles. The molecule has 88 valence electrons. The van der Waals surface area contributed by atoms with E-state index in [1.807, 2.05) is 0 Å². The maximum atomic E-state index is 11.6. The van der Waals surface area contributed by atoms with E-state index in [0.717, 1.165) is 0 Å². The Labute approximate surface area is 84.2 Å². The van der Waals surface area contributed by atoms with E-state index in [1.54, 1.807) is 0 Å². The molecule has 0 aliphatic heterocycles. The molecule has 0 atom stereocenters. The predicted octanol–water partition coefficient (Wildman–Crippen LogP) is 0.472. The lowest BCUT2D eigenvalue weighted by Crippen LogP contribution is -2.09. The molecule has 0 saturated heterocycles. The van der Waals surface area contributed by atoms with Crippen LogP contribution in [0.4, 0.5) is 17.6 Å². The highest BCUT2D eigenvalue weighted by molar-refractivity contribution is 7.85. The Bertz CT molecular complexity index is 342. The number of hydrogen-bond donors (Lipinski definition) is 1. The lowest BCUT2D eigenvalue weighted by Gasteiger charge is -1.97. The lowest BCUT2D eigenvalue weighted by atomic mass is 10.8. The third-order valence-corrected chi connectivity index (χ3v) is 0.785. The Morgan fingerprint density at radius 1 is 1.36 bits per heavy atom. The first-order chi connectivity index (χ1) is 7.59. The highest BCUT2D eigenvalue weighted by Crippen LogP contribution is 1.95. The smallest absolute Gasteiger partial charge is 0.264 e. The monoisotopic (exact) mass is 246 g/mol. The SMILES string of the molecule is [2H]C([2H])(O)C(F)F.[2H]C([2H])(OS(C)(=O)=O)C(F)F. The van der Waals surface area contributed by atoms with Crippen LogP contribution in [0.3, 0.4) is 0 Å². The average molecular weight is 246 g/mol. The number of halogens is 4. The van der Waals surface area contributed by atoms with Gasteiger partial charge >= 0.3 is 0 Å². The van der Waals surface area contributed by atoms with Gasteiger partial charge in [0.15, 0.2) is 0 Å². The Morgan fingerprint density at radius 3 is 1.79 bits per heavy atom. The third kappa shape index (κ3) is 22.6. The second kappa shape index (κ2) is 7.94. The molecule has 0 radical (unpaired) electrons. The van der Waals surface area contributed by atoms with Crippen LogP contribution in [0.2, 0.25) is 0 Å². The summed E-state index contributed by atoms with van der Waals surface area (Å²) in [7, 11) is -4.18. The molecule has 0 amide bonds. The van der Waals surface area contributed by atoms with Crippen LogP contribution in [0, 0.1) is 0 Å². The lowest BCUT2D eigenvalue weighted by molar-refractivity contribution is 0.0700. The van der Waals surface area contributed by atoms with E-state index in [-0.39, 0.29) is 0 Å². The van der Waals surface area contributed by atoms with Crippen molar-refractivity contribution in [2.45, 2.75) is 12.9 Å². The molecular formula is C5H10F4O4S. The minimum atomic E-state index is -4.18. The average Bonchev–Trinajstić information content (AvgIpc) is 1.97. The van der Waals surface area contributed by atoms with Crippen LogP contribution in [0.5, 0.6) is 0 Å². The van der Waals surface area contributed by atoms with E-state index in [4.69, 9.17) is 10.6 Å². The van der Waals surface area contributed by atoms with Crippen molar-refractivity contribution >= 4 is 10.1 Å². The van der Waals surface area contributed by atoms with Crippen molar-refractivity contribution in [3.8, 4) is 0 Å². The van der Waals surface area contributed by atoms with Crippen molar-refractivity contribution < 1.29 is 40.8 Å². The van der Waals surface area contributed by atoms with Gasteiger partial charge in [-0.15, -0.1) is 0 Å². The summed E-state index contributed by atoms with van der Waals surface area (Å²) in [6, 6.07) is 0. The number of rotatable bonds is 4. The highest BCUT2D eigenvalue weighted by atomic mass is 32.2. The van der Waals surface area contributed by atoms with Crippen molar-refractivity contribution in [2.24, 2.45) is 0 Å². The molecule has 9 heteroatoms. The maximum Gasteiger partial charge on any atom is 0.264 e. The van der Waals surface area contributed by atoms with Gasteiger partial charge in [-0.2, -0.15) is 8.42 Å².